The molecule has 2 aliphatic carbocycles. The number of hydrogen-bond acceptors (Lipinski definition) is 3. The van der Waals surface area contributed by atoms with E-state index in [0.29, 0.717) is 5.92 Å². The predicted molar refractivity (Wildman–Crippen MR) is 199 cm³/mol. The number of amidine groups is 1. The fourth-order valence-electron chi connectivity index (χ4n) is 8.47. The Bertz CT molecular complexity index is 2260. The summed E-state index contributed by atoms with van der Waals surface area (Å²) in [5, 5.41) is 5.17. The molecule has 0 amide bonds. The second-order valence-electron chi connectivity index (χ2n) is 14.2. The Kier molecular flexibility index (Phi) is 6.60. The van der Waals surface area contributed by atoms with Crippen LogP contribution in [0.5, 0.6) is 0 Å². The first kappa shape index (κ1) is 29.0. The zero-order valence-electron chi connectivity index (χ0n) is 28.0. The Balaban J connectivity index is 1.25. The molecule has 0 saturated heterocycles. The number of aromatic nitrogens is 1. The molecule has 4 heteroatoms. The highest BCUT2D eigenvalue weighted by molar-refractivity contribution is 6.03. The average Bonchev–Trinajstić information content (AvgIpc) is 3.57. The van der Waals surface area contributed by atoms with Gasteiger partial charge in [-0.05, 0) is 64.9 Å². The van der Waals surface area contributed by atoms with E-state index in [9.17, 15) is 0 Å². The minimum absolute atomic E-state index is 0.0266. The Morgan fingerprint density at radius 2 is 1.50 bits per heavy atom. The lowest BCUT2D eigenvalue weighted by molar-refractivity contribution is 0.152. The quantitative estimate of drug-likeness (QED) is 0.212. The molecule has 3 atom stereocenters. The Hall–Kier alpha value is -5.19. The third-order valence-electron chi connectivity index (χ3n) is 10.8. The van der Waals surface area contributed by atoms with Crippen molar-refractivity contribution in [3.05, 3.63) is 166 Å². The maximum atomic E-state index is 5.38. The number of nitrogens with one attached hydrogen (secondary N) is 1. The summed E-state index contributed by atoms with van der Waals surface area (Å²) in [6, 6.07) is 44.1. The summed E-state index contributed by atoms with van der Waals surface area (Å²) in [6.07, 6.45) is 5.60. The van der Waals surface area contributed by atoms with E-state index in [1.54, 1.807) is 0 Å². The van der Waals surface area contributed by atoms with Gasteiger partial charge in [-0.1, -0.05) is 142 Å². The summed E-state index contributed by atoms with van der Waals surface area (Å²) < 4.78 is 2.58. The van der Waals surface area contributed by atoms with E-state index in [2.05, 4.69) is 176 Å². The van der Waals surface area contributed by atoms with Crippen LogP contribution in [0.2, 0.25) is 0 Å². The molecule has 3 aliphatic rings. The third kappa shape index (κ3) is 4.36. The van der Waals surface area contributed by atoms with E-state index in [4.69, 9.17) is 4.99 Å². The maximum absolute atomic E-state index is 5.38. The number of nitrogens with zero attached hydrogens (tertiary/aromatic N) is 3. The Labute approximate surface area is 283 Å². The van der Waals surface area contributed by atoms with Crippen LogP contribution < -0.4 is 5.32 Å². The van der Waals surface area contributed by atoms with Crippen LogP contribution in [0.15, 0.2) is 132 Å². The Morgan fingerprint density at radius 3 is 2.29 bits per heavy atom. The SMILES string of the molecule is CC1C=Cc2c(n(-c3cccc(C4=NC(c5ccccc5)N(C)C(c5ccccc5)N4)c3)c3c4c(ccc23)-c2ccccc2C4(C)C)C1. The van der Waals surface area contributed by atoms with Crippen LogP contribution in [0.25, 0.3) is 33.8 Å². The van der Waals surface area contributed by atoms with E-state index in [1.807, 2.05) is 0 Å². The molecule has 1 aliphatic heterocycles. The third-order valence-corrected chi connectivity index (χ3v) is 10.8. The van der Waals surface area contributed by atoms with Gasteiger partial charge in [-0.2, -0.15) is 0 Å². The molecule has 0 radical (unpaired) electrons. The molecule has 3 unspecified atom stereocenters. The van der Waals surface area contributed by atoms with Crippen LogP contribution in [0.1, 0.15) is 72.2 Å². The molecule has 1 N–H and O–H groups in total. The van der Waals surface area contributed by atoms with Gasteiger partial charge >= 0.3 is 0 Å². The molecule has 0 spiro atoms. The largest absolute Gasteiger partial charge is 0.350 e. The Morgan fingerprint density at radius 1 is 0.771 bits per heavy atom. The summed E-state index contributed by atoms with van der Waals surface area (Å²) in [5.74, 6) is 1.38. The normalized spacial score (nSPS) is 20.9. The summed E-state index contributed by atoms with van der Waals surface area (Å²) in [5.41, 5.74) is 14.1. The van der Waals surface area contributed by atoms with Gasteiger partial charge in [0.1, 0.15) is 18.2 Å². The van der Waals surface area contributed by atoms with E-state index in [0.717, 1.165) is 17.8 Å². The fourth-order valence-corrected chi connectivity index (χ4v) is 8.47. The van der Waals surface area contributed by atoms with Gasteiger partial charge in [0.05, 0.1) is 5.52 Å². The zero-order chi connectivity index (χ0) is 32.6. The number of hydrogen-bond donors (Lipinski definition) is 1. The molecule has 0 saturated carbocycles. The molecule has 9 rings (SSSR count). The average molecular weight is 625 g/mol. The van der Waals surface area contributed by atoms with Crippen molar-refractivity contribution in [2.24, 2.45) is 10.9 Å². The van der Waals surface area contributed by atoms with E-state index < -0.39 is 0 Å². The van der Waals surface area contributed by atoms with Crippen molar-refractivity contribution < 1.29 is 0 Å². The van der Waals surface area contributed by atoms with Crippen LogP contribution in [0.3, 0.4) is 0 Å². The first-order valence-corrected chi connectivity index (χ1v) is 17.2. The van der Waals surface area contributed by atoms with Crippen molar-refractivity contribution in [1.82, 2.24) is 14.8 Å². The van der Waals surface area contributed by atoms with E-state index in [-0.39, 0.29) is 17.7 Å². The van der Waals surface area contributed by atoms with Crippen LogP contribution in [-0.4, -0.2) is 22.4 Å². The fraction of sp³-hybridized carbons (Fsp3) is 0.205. The lowest BCUT2D eigenvalue weighted by atomic mass is 9.81. The van der Waals surface area contributed by atoms with Crippen molar-refractivity contribution in [3.63, 3.8) is 0 Å². The second-order valence-corrected chi connectivity index (χ2v) is 14.2. The summed E-state index contributed by atoms with van der Waals surface area (Å²) in [6.45, 7) is 7.12. The van der Waals surface area contributed by atoms with Gasteiger partial charge < -0.3 is 9.88 Å². The molecule has 0 fully saturated rings. The maximum Gasteiger partial charge on any atom is 0.132 e. The minimum Gasteiger partial charge on any atom is -0.350 e. The van der Waals surface area contributed by atoms with Gasteiger partial charge in [0.25, 0.3) is 0 Å². The van der Waals surface area contributed by atoms with Gasteiger partial charge in [0.2, 0.25) is 0 Å². The van der Waals surface area contributed by atoms with Crippen LogP contribution in [-0.2, 0) is 11.8 Å². The molecule has 2 heterocycles. The van der Waals surface area contributed by atoms with Gasteiger partial charge in [0.15, 0.2) is 0 Å². The molecule has 4 nitrogen and oxygen atoms in total. The van der Waals surface area contributed by atoms with Crippen LogP contribution >= 0.6 is 0 Å². The number of fused-ring (bicyclic) bond motifs is 7. The lowest BCUT2D eigenvalue weighted by Gasteiger charge is -2.39. The smallest absolute Gasteiger partial charge is 0.132 e. The van der Waals surface area contributed by atoms with Gasteiger partial charge in [-0.15, -0.1) is 0 Å². The highest BCUT2D eigenvalue weighted by atomic mass is 15.4. The molecule has 1 aromatic heterocycles. The monoisotopic (exact) mass is 624 g/mol. The second kappa shape index (κ2) is 10.9. The molecule has 236 valence electrons. The van der Waals surface area contributed by atoms with Crippen molar-refractivity contribution >= 4 is 22.8 Å². The lowest BCUT2D eigenvalue weighted by Crippen LogP contribution is -2.45. The topological polar surface area (TPSA) is 32.6 Å². The first-order chi connectivity index (χ1) is 23.4. The van der Waals surface area contributed by atoms with Crippen molar-refractivity contribution in [2.75, 3.05) is 7.05 Å². The standard InChI is InChI=1S/C44H40N4/c1-28-22-23-34-36-25-24-35-33-20-11-12-21-37(33)44(2,3)39(35)40(36)48(38(34)26-28)32-19-13-18-31(27-32)41-45-42(29-14-7-5-8-15-29)47(4)43(46-41)30-16-9-6-10-17-30/h5-25,27-28,42-43H,26H2,1-4H3,(H,45,46). The molecular formula is C44H40N4. The predicted octanol–water partition coefficient (Wildman–Crippen LogP) is 9.82. The number of rotatable bonds is 4. The molecular weight excluding hydrogens is 585 g/mol. The molecule has 5 aromatic carbocycles. The summed E-state index contributed by atoms with van der Waals surface area (Å²) >= 11 is 0. The van der Waals surface area contributed by atoms with Crippen LogP contribution in [0, 0.1) is 5.92 Å². The summed E-state index contributed by atoms with van der Waals surface area (Å²) in [4.78, 5) is 7.71. The zero-order valence-corrected chi connectivity index (χ0v) is 28.0. The minimum atomic E-state index is -0.123. The first-order valence-electron chi connectivity index (χ1n) is 17.2. The number of benzene rings is 5. The highest BCUT2D eigenvalue weighted by Crippen LogP contribution is 2.53. The van der Waals surface area contributed by atoms with Gasteiger partial charge in [-0.3, -0.25) is 4.90 Å². The van der Waals surface area contributed by atoms with E-state index >= 15 is 0 Å². The van der Waals surface area contributed by atoms with Gasteiger partial charge in [-0.25, -0.2) is 4.99 Å². The number of aliphatic imine (C=N–C) groups is 1. The summed E-state index contributed by atoms with van der Waals surface area (Å²) in [7, 11) is 2.16. The van der Waals surface area contributed by atoms with Crippen LogP contribution in [0.4, 0.5) is 0 Å². The van der Waals surface area contributed by atoms with E-state index in [1.165, 1.54) is 61.2 Å². The highest BCUT2D eigenvalue weighted by Gasteiger charge is 2.39. The van der Waals surface area contributed by atoms with Gasteiger partial charge in [0, 0.05) is 33.3 Å². The molecule has 6 aromatic rings. The van der Waals surface area contributed by atoms with Crippen molar-refractivity contribution in [2.45, 2.75) is 44.9 Å². The number of allylic oxidation sites excluding steroid dienone is 1. The van der Waals surface area contributed by atoms with Crippen molar-refractivity contribution in [3.8, 4) is 16.8 Å². The molecule has 0 bridgehead atoms. The van der Waals surface area contributed by atoms with Crippen molar-refractivity contribution in [1.29, 1.82) is 0 Å². The molecule has 48 heavy (non-hydrogen) atoms.